The molecule has 0 amide bonds. The van der Waals surface area contributed by atoms with Gasteiger partial charge in [0.15, 0.2) is 9.84 Å². The summed E-state index contributed by atoms with van der Waals surface area (Å²) in [6.45, 7) is 2.01. The van der Waals surface area contributed by atoms with Gasteiger partial charge in [-0.15, -0.1) is 0 Å². The van der Waals surface area contributed by atoms with E-state index in [1.165, 1.54) is 6.92 Å². The van der Waals surface area contributed by atoms with Crippen LogP contribution in [0.2, 0.25) is 0 Å². The molecule has 2 rings (SSSR count). The number of sulfone groups is 1. The first-order chi connectivity index (χ1) is 8.41. The van der Waals surface area contributed by atoms with Crippen molar-refractivity contribution in [1.82, 2.24) is 0 Å². The standard InChI is InChI=1S/C12H13BrO4S/c1-8(14)4-9-2-3-12(11(13)5-9)18(15,16)10-6-17-7-10/h2-3,5,10H,4,6-7H2,1H3. The highest BCUT2D eigenvalue weighted by atomic mass is 79.9. The topological polar surface area (TPSA) is 60.4 Å². The summed E-state index contributed by atoms with van der Waals surface area (Å²) in [4.78, 5) is 11.3. The predicted molar refractivity (Wildman–Crippen MR) is 70.3 cm³/mol. The van der Waals surface area contributed by atoms with E-state index in [1.54, 1.807) is 18.2 Å². The van der Waals surface area contributed by atoms with Crippen molar-refractivity contribution < 1.29 is 17.9 Å². The summed E-state index contributed by atoms with van der Waals surface area (Å²) in [5.41, 5.74) is 0.804. The summed E-state index contributed by atoms with van der Waals surface area (Å²) in [5.74, 6) is 0.0462. The van der Waals surface area contributed by atoms with Gasteiger partial charge < -0.3 is 4.74 Å². The molecule has 0 aliphatic carbocycles. The summed E-state index contributed by atoms with van der Waals surface area (Å²) in [5, 5.41) is -0.451. The van der Waals surface area contributed by atoms with Gasteiger partial charge in [-0.3, -0.25) is 4.79 Å². The average molecular weight is 333 g/mol. The molecule has 1 heterocycles. The van der Waals surface area contributed by atoms with Crippen LogP contribution in [-0.2, 0) is 25.8 Å². The van der Waals surface area contributed by atoms with E-state index in [2.05, 4.69) is 15.9 Å². The zero-order valence-corrected chi connectivity index (χ0v) is 12.3. The highest BCUT2D eigenvalue weighted by Crippen LogP contribution is 2.29. The number of Topliss-reactive ketones (excluding diaryl/α,β-unsaturated/α-hetero) is 1. The Balaban J connectivity index is 2.32. The van der Waals surface area contributed by atoms with E-state index in [9.17, 15) is 13.2 Å². The van der Waals surface area contributed by atoms with Crippen molar-refractivity contribution in [2.45, 2.75) is 23.5 Å². The third-order valence-electron chi connectivity index (χ3n) is 2.80. The Hall–Kier alpha value is -0.720. The van der Waals surface area contributed by atoms with Crippen molar-refractivity contribution in [1.29, 1.82) is 0 Å². The van der Waals surface area contributed by atoms with Crippen molar-refractivity contribution in [3.63, 3.8) is 0 Å². The molecule has 0 unspecified atom stereocenters. The maximum absolute atomic E-state index is 12.2. The van der Waals surface area contributed by atoms with Crippen LogP contribution < -0.4 is 0 Å². The number of ether oxygens (including phenoxy) is 1. The van der Waals surface area contributed by atoms with Crippen molar-refractivity contribution in [3.8, 4) is 0 Å². The van der Waals surface area contributed by atoms with Gasteiger partial charge in [0.05, 0.1) is 18.1 Å². The fourth-order valence-corrected chi connectivity index (χ4v) is 4.35. The third kappa shape index (κ3) is 2.65. The molecular formula is C12H13BrO4S. The zero-order valence-electron chi connectivity index (χ0n) is 9.85. The molecule has 6 heteroatoms. The van der Waals surface area contributed by atoms with E-state index in [0.717, 1.165) is 5.56 Å². The summed E-state index contributed by atoms with van der Waals surface area (Å²) in [6.07, 6.45) is 0.311. The van der Waals surface area contributed by atoms with Crippen LogP contribution in [-0.4, -0.2) is 32.7 Å². The van der Waals surface area contributed by atoms with Crippen molar-refractivity contribution in [2.24, 2.45) is 0 Å². The minimum Gasteiger partial charge on any atom is -0.379 e. The van der Waals surface area contributed by atoms with Crippen LogP contribution in [0, 0.1) is 0 Å². The first-order valence-corrected chi connectivity index (χ1v) is 7.84. The number of rotatable bonds is 4. The second kappa shape index (κ2) is 5.11. The van der Waals surface area contributed by atoms with E-state index >= 15 is 0 Å². The number of benzene rings is 1. The average Bonchev–Trinajstić information content (AvgIpc) is 2.11. The molecule has 1 aromatic carbocycles. The summed E-state index contributed by atoms with van der Waals surface area (Å²) >= 11 is 3.26. The molecule has 1 aromatic rings. The van der Waals surface area contributed by atoms with Gasteiger partial charge in [0, 0.05) is 10.9 Å². The van der Waals surface area contributed by atoms with Crippen LogP contribution in [0.1, 0.15) is 12.5 Å². The van der Waals surface area contributed by atoms with Gasteiger partial charge in [0.2, 0.25) is 0 Å². The lowest BCUT2D eigenvalue weighted by Crippen LogP contribution is -2.40. The molecule has 1 fully saturated rings. The lowest BCUT2D eigenvalue weighted by Gasteiger charge is -2.26. The molecule has 18 heavy (non-hydrogen) atoms. The second-order valence-corrected chi connectivity index (χ2v) is 7.40. The molecule has 98 valence electrons. The van der Waals surface area contributed by atoms with Gasteiger partial charge in [0.25, 0.3) is 0 Å². The Morgan fingerprint density at radius 3 is 2.56 bits per heavy atom. The van der Waals surface area contributed by atoms with Crippen molar-refractivity contribution in [3.05, 3.63) is 28.2 Å². The van der Waals surface area contributed by atoms with Gasteiger partial charge in [-0.25, -0.2) is 8.42 Å². The number of carbonyl (C=O) groups excluding carboxylic acids is 1. The Labute approximate surface area is 114 Å². The molecule has 1 saturated heterocycles. The van der Waals surface area contributed by atoms with Crippen molar-refractivity contribution >= 4 is 31.6 Å². The van der Waals surface area contributed by atoms with Gasteiger partial charge in [-0.1, -0.05) is 6.07 Å². The number of hydrogen-bond acceptors (Lipinski definition) is 4. The van der Waals surface area contributed by atoms with Gasteiger partial charge in [0.1, 0.15) is 11.0 Å². The zero-order chi connectivity index (χ0) is 13.3. The molecule has 0 radical (unpaired) electrons. The molecular weight excluding hydrogens is 320 g/mol. The Morgan fingerprint density at radius 1 is 1.44 bits per heavy atom. The number of ketones is 1. The first-order valence-electron chi connectivity index (χ1n) is 5.51. The number of carbonyl (C=O) groups is 1. The summed E-state index contributed by atoms with van der Waals surface area (Å²) in [6, 6.07) is 4.92. The molecule has 4 nitrogen and oxygen atoms in total. The molecule has 0 atom stereocenters. The Kier molecular flexibility index (Phi) is 3.89. The number of halogens is 1. The minimum absolute atomic E-state index is 0.0462. The summed E-state index contributed by atoms with van der Waals surface area (Å²) in [7, 11) is -3.33. The monoisotopic (exact) mass is 332 g/mol. The fraction of sp³-hybridized carbons (Fsp3) is 0.417. The lowest BCUT2D eigenvalue weighted by molar-refractivity contribution is -0.116. The third-order valence-corrected chi connectivity index (χ3v) is 5.84. The predicted octanol–water partition coefficient (Wildman–Crippen LogP) is 1.75. The highest BCUT2D eigenvalue weighted by Gasteiger charge is 2.35. The molecule has 0 aromatic heterocycles. The Bertz CT molecular complexity index is 576. The maximum atomic E-state index is 12.2. The van der Waals surface area contributed by atoms with Gasteiger partial charge in [-0.2, -0.15) is 0 Å². The Morgan fingerprint density at radius 2 is 2.11 bits per heavy atom. The molecule has 0 N–H and O–H groups in total. The van der Waals surface area contributed by atoms with Crippen LogP contribution >= 0.6 is 15.9 Å². The SMILES string of the molecule is CC(=O)Cc1ccc(S(=O)(=O)C2COC2)c(Br)c1. The van der Waals surface area contributed by atoms with Crippen LogP contribution in [0.25, 0.3) is 0 Å². The smallest absolute Gasteiger partial charge is 0.186 e. The second-order valence-electron chi connectivity index (χ2n) is 4.35. The van der Waals surface area contributed by atoms with E-state index in [1.807, 2.05) is 0 Å². The van der Waals surface area contributed by atoms with Gasteiger partial charge in [-0.05, 0) is 40.5 Å². The van der Waals surface area contributed by atoms with Crippen LogP contribution in [0.3, 0.4) is 0 Å². The van der Waals surface area contributed by atoms with Gasteiger partial charge >= 0.3 is 0 Å². The molecule has 0 saturated carbocycles. The largest absolute Gasteiger partial charge is 0.379 e. The van der Waals surface area contributed by atoms with Crippen LogP contribution in [0.5, 0.6) is 0 Å². The fourth-order valence-electron chi connectivity index (χ4n) is 1.75. The number of hydrogen-bond donors (Lipinski definition) is 0. The lowest BCUT2D eigenvalue weighted by atomic mass is 10.1. The van der Waals surface area contributed by atoms with Crippen molar-refractivity contribution in [2.75, 3.05) is 13.2 Å². The quantitative estimate of drug-likeness (QED) is 0.842. The molecule has 1 aliphatic rings. The van der Waals surface area contributed by atoms with E-state index in [4.69, 9.17) is 4.74 Å². The normalized spacial score (nSPS) is 16.3. The molecule has 0 bridgehead atoms. The molecule has 1 aliphatic heterocycles. The minimum atomic E-state index is -3.33. The molecule has 0 spiro atoms. The maximum Gasteiger partial charge on any atom is 0.186 e. The van der Waals surface area contributed by atoms with E-state index < -0.39 is 15.1 Å². The highest BCUT2D eigenvalue weighted by molar-refractivity contribution is 9.10. The van der Waals surface area contributed by atoms with E-state index in [-0.39, 0.29) is 23.9 Å². The van der Waals surface area contributed by atoms with Crippen LogP contribution in [0.15, 0.2) is 27.6 Å². The van der Waals surface area contributed by atoms with Crippen LogP contribution in [0.4, 0.5) is 0 Å². The first kappa shape index (κ1) is 13.7. The van der Waals surface area contributed by atoms with E-state index in [0.29, 0.717) is 10.9 Å². The summed E-state index contributed by atoms with van der Waals surface area (Å²) < 4.78 is 29.8.